The van der Waals surface area contributed by atoms with Gasteiger partial charge in [-0.3, -0.25) is 4.99 Å². The zero-order chi connectivity index (χ0) is 15.6. The van der Waals surface area contributed by atoms with Gasteiger partial charge < -0.3 is 15.4 Å². The van der Waals surface area contributed by atoms with Gasteiger partial charge in [0.15, 0.2) is 5.96 Å². The average Bonchev–Trinajstić information content (AvgIpc) is 3.05. The third kappa shape index (κ3) is 5.68. The lowest BCUT2D eigenvalue weighted by molar-refractivity contribution is 0.0574. The van der Waals surface area contributed by atoms with Crippen LogP contribution in [0.5, 0.6) is 0 Å². The monoisotopic (exact) mass is 303 g/mol. The third-order valence-corrected chi connectivity index (χ3v) is 4.20. The van der Waals surface area contributed by atoms with E-state index in [4.69, 9.17) is 4.74 Å². The summed E-state index contributed by atoms with van der Waals surface area (Å²) in [5, 5.41) is 6.70. The fourth-order valence-corrected chi connectivity index (χ4v) is 2.79. The van der Waals surface area contributed by atoms with E-state index in [1.165, 1.54) is 36.8 Å². The largest absolute Gasteiger partial charge is 0.378 e. The molecule has 0 aromatic heterocycles. The molecule has 0 unspecified atom stereocenters. The highest BCUT2D eigenvalue weighted by Gasteiger charge is 2.14. The molecule has 0 amide bonds. The van der Waals surface area contributed by atoms with E-state index in [1.54, 1.807) is 0 Å². The minimum absolute atomic E-state index is 0.512. The summed E-state index contributed by atoms with van der Waals surface area (Å²) in [5.41, 5.74) is 2.60. The van der Waals surface area contributed by atoms with Crippen molar-refractivity contribution < 1.29 is 4.74 Å². The first-order valence-corrected chi connectivity index (χ1v) is 8.40. The lowest BCUT2D eigenvalue weighted by atomic mass is 10.1. The normalized spacial score (nSPS) is 16.0. The summed E-state index contributed by atoms with van der Waals surface area (Å²) in [6.07, 6.45) is 6.68. The summed E-state index contributed by atoms with van der Waals surface area (Å²) < 4.78 is 5.86. The molecule has 1 aromatic carbocycles. The molecule has 22 heavy (non-hydrogen) atoms. The molecule has 0 bridgehead atoms. The molecule has 4 nitrogen and oxygen atoms in total. The number of hydrogen-bond acceptors (Lipinski definition) is 2. The predicted molar refractivity (Wildman–Crippen MR) is 92.2 cm³/mol. The van der Waals surface area contributed by atoms with Crippen LogP contribution in [0.2, 0.25) is 0 Å². The van der Waals surface area contributed by atoms with Crippen molar-refractivity contribution in [1.82, 2.24) is 10.6 Å². The van der Waals surface area contributed by atoms with Crippen molar-refractivity contribution in [3.05, 3.63) is 35.4 Å². The molecule has 1 aliphatic carbocycles. The van der Waals surface area contributed by atoms with Gasteiger partial charge in [-0.1, -0.05) is 37.1 Å². The number of hydrogen-bond donors (Lipinski definition) is 2. The van der Waals surface area contributed by atoms with E-state index in [0.29, 0.717) is 6.10 Å². The van der Waals surface area contributed by atoms with Crippen LogP contribution in [0.3, 0.4) is 0 Å². The molecular formula is C18H29N3O. The maximum absolute atomic E-state index is 5.86. The Balaban J connectivity index is 1.60. The lowest BCUT2D eigenvalue weighted by Gasteiger charge is -2.14. The Morgan fingerprint density at radius 2 is 2.00 bits per heavy atom. The van der Waals surface area contributed by atoms with E-state index in [0.717, 1.165) is 32.1 Å². The Labute approximate surface area is 134 Å². The first-order valence-electron chi connectivity index (χ1n) is 8.40. The highest BCUT2D eigenvalue weighted by Crippen LogP contribution is 2.20. The van der Waals surface area contributed by atoms with Crippen molar-refractivity contribution in [2.24, 2.45) is 4.99 Å². The summed E-state index contributed by atoms with van der Waals surface area (Å²) in [7, 11) is 1.81. The highest BCUT2D eigenvalue weighted by atomic mass is 16.5. The number of ether oxygens (including phenoxy) is 1. The van der Waals surface area contributed by atoms with Crippen molar-refractivity contribution in [3.63, 3.8) is 0 Å². The zero-order valence-electron chi connectivity index (χ0n) is 13.9. The number of rotatable bonds is 7. The van der Waals surface area contributed by atoms with Gasteiger partial charge in [0.2, 0.25) is 0 Å². The Morgan fingerprint density at radius 3 is 2.73 bits per heavy atom. The van der Waals surface area contributed by atoms with Crippen LogP contribution < -0.4 is 10.6 Å². The van der Waals surface area contributed by atoms with Crippen LogP contribution in [0.4, 0.5) is 0 Å². The maximum atomic E-state index is 5.86. The van der Waals surface area contributed by atoms with E-state index in [1.807, 2.05) is 7.05 Å². The summed E-state index contributed by atoms with van der Waals surface area (Å²) in [4.78, 5) is 4.26. The Hall–Kier alpha value is -1.55. The number of nitrogens with zero attached hydrogens (tertiary/aromatic N) is 1. The highest BCUT2D eigenvalue weighted by molar-refractivity contribution is 5.79. The van der Waals surface area contributed by atoms with Crippen molar-refractivity contribution in [3.8, 4) is 0 Å². The number of aliphatic imine (C=N–C) groups is 1. The van der Waals surface area contributed by atoms with Crippen molar-refractivity contribution in [2.45, 2.75) is 51.7 Å². The number of guanidine groups is 1. The molecule has 0 heterocycles. The van der Waals surface area contributed by atoms with Crippen molar-refractivity contribution >= 4 is 5.96 Å². The molecule has 2 rings (SSSR count). The molecule has 0 radical (unpaired) electrons. The Bertz CT molecular complexity index is 467. The van der Waals surface area contributed by atoms with E-state index in [2.05, 4.69) is 46.8 Å². The van der Waals surface area contributed by atoms with E-state index >= 15 is 0 Å². The molecule has 0 aliphatic heterocycles. The van der Waals surface area contributed by atoms with Crippen LogP contribution in [-0.2, 0) is 11.3 Å². The first kappa shape index (κ1) is 16.8. The quantitative estimate of drug-likeness (QED) is 0.462. The Kier molecular flexibility index (Phi) is 7.23. The van der Waals surface area contributed by atoms with Gasteiger partial charge >= 0.3 is 0 Å². The molecule has 1 aliphatic rings. The van der Waals surface area contributed by atoms with Crippen LogP contribution in [0, 0.1) is 6.92 Å². The number of nitrogens with one attached hydrogen (secondary N) is 2. The first-order chi connectivity index (χ1) is 10.8. The zero-order valence-corrected chi connectivity index (χ0v) is 13.9. The van der Waals surface area contributed by atoms with Crippen molar-refractivity contribution in [2.75, 3.05) is 20.2 Å². The van der Waals surface area contributed by atoms with Crippen LogP contribution in [0.1, 0.15) is 43.2 Å². The van der Waals surface area contributed by atoms with Crippen LogP contribution in [-0.4, -0.2) is 32.3 Å². The summed E-state index contributed by atoms with van der Waals surface area (Å²) in [6, 6.07) is 8.41. The van der Waals surface area contributed by atoms with Gasteiger partial charge in [-0.2, -0.15) is 0 Å². The maximum Gasteiger partial charge on any atom is 0.191 e. The molecule has 2 N–H and O–H groups in total. The standard InChI is InChI=1S/C18H29N3O/c1-15-8-3-4-9-16(15)14-21-18(19-2)20-12-7-13-22-17-10-5-6-11-17/h3-4,8-9,17H,5-7,10-14H2,1-2H3,(H2,19,20,21). The van der Waals surface area contributed by atoms with E-state index in [9.17, 15) is 0 Å². The van der Waals surface area contributed by atoms with Crippen LogP contribution in [0.25, 0.3) is 0 Å². The molecule has 4 heteroatoms. The van der Waals surface area contributed by atoms with Crippen molar-refractivity contribution in [1.29, 1.82) is 0 Å². The topological polar surface area (TPSA) is 45.7 Å². The minimum Gasteiger partial charge on any atom is -0.378 e. The second kappa shape index (κ2) is 9.46. The van der Waals surface area contributed by atoms with Gasteiger partial charge in [0.05, 0.1) is 6.10 Å². The molecule has 1 aromatic rings. The van der Waals surface area contributed by atoms with Crippen LogP contribution >= 0.6 is 0 Å². The summed E-state index contributed by atoms with van der Waals surface area (Å²) in [6.45, 7) is 4.66. The molecule has 1 fully saturated rings. The molecule has 0 saturated heterocycles. The summed E-state index contributed by atoms with van der Waals surface area (Å²) >= 11 is 0. The number of aryl methyl sites for hydroxylation is 1. The van der Waals surface area contributed by atoms with Gasteiger partial charge in [-0.25, -0.2) is 0 Å². The molecule has 1 saturated carbocycles. The van der Waals surface area contributed by atoms with Gasteiger partial charge in [0.1, 0.15) is 0 Å². The van der Waals surface area contributed by atoms with Gasteiger partial charge in [-0.05, 0) is 37.3 Å². The van der Waals surface area contributed by atoms with E-state index in [-0.39, 0.29) is 0 Å². The van der Waals surface area contributed by atoms with Gasteiger partial charge in [0, 0.05) is 26.7 Å². The Morgan fingerprint density at radius 1 is 1.23 bits per heavy atom. The molecule has 122 valence electrons. The SMILES string of the molecule is CN=C(NCCCOC1CCCC1)NCc1ccccc1C. The fourth-order valence-electron chi connectivity index (χ4n) is 2.79. The molecule has 0 atom stereocenters. The second-order valence-corrected chi connectivity index (χ2v) is 5.91. The molecule has 0 spiro atoms. The van der Waals surface area contributed by atoms with Crippen LogP contribution in [0.15, 0.2) is 29.3 Å². The second-order valence-electron chi connectivity index (χ2n) is 5.91. The number of benzene rings is 1. The average molecular weight is 303 g/mol. The third-order valence-electron chi connectivity index (χ3n) is 4.20. The minimum atomic E-state index is 0.512. The predicted octanol–water partition coefficient (Wildman–Crippen LogP) is 3.01. The van der Waals surface area contributed by atoms with Gasteiger partial charge in [0.25, 0.3) is 0 Å². The fraction of sp³-hybridized carbons (Fsp3) is 0.611. The lowest BCUT2D eigenvalue weighted by Crippen LogP contribution is -2.37. The van der Waals surface area contributed by atoms with E-state index < -0.39 is 0 Å². The smallest absolute Gasteiger partial charge is 0.191 e. The summed E-state index contributed by atoms with van der Waals surface area (Å²) in [5.74, 6) is 0.851. The molecular weight excluding hydrogens is 274 g/mol. The van der Waals surface area contributed by atoms with Gasteiger partial charge in [-0.15, -0.1) is 0 Å².